The summed E-state index contributed by atoms with van der Waals surface area (Å²) in [7, 11) is -1.08. The summed E-state index contributed by atoms with van der Waals surface area (Å²) in [6, 6.07) is 0.215. The topological polar surface area (TPSA) is 52.0 Å². The monoisotopic (exact) mass is 174 g/mol. The molecule has 4 N–H and O–H groups in total. The molecule has 0 saturated heterocycles. The Kier molecular flexibility index (Phi) is 4.29. The van der Waals surface area contributed by atoms with Gasteiger partial charge in [0.15, 0.2) is 0 Å². The lowest BCUT2D eigenvalue weighted by atomic mass is 10.2. The van der Waals surface area contributed by atoms with Crippen LogP contribution < -0.4 is 11.5 Å². The molecule has 0 aromatic heterocycles. The van der Waals surface area contributed by atoms with Crippen LogP contribution >= 0.6 is 0 Å². The molecule has 0 bridgehead atoms. The molecule has 11 heavy (non-hydrogen) atoms. The van der Waals surface area contributed by atoms with E-state index in [-0.39, 0.29) is 6.04 Å². The Hall–Kier alpha value is 0.137. The number of rotatable bonds is 4. The minimum Gasteiger partial charge on any atom is -0.329 e. The zero-order valence-corrected chi connectivity index (χ0v) is 9.22. The van der Waals surface area contributed by atoms with E-state index in [1.807, 2.05) is 0 Å². The van der Waals surface area contributed by atoms with Crippen LogP contribution in [0.5, 0.6) is 0 Å². The second-order valence-corrected chi connectivity index (χ2v) is 9.75. The van der Waals surface area contributed by atoms with Crippen molar-refractivity contribution in [1.82, 2.24) is 0 Å². The Morgan fingerprint density at radius 3 is 1.82 bits per heavy atom. The standard InChI is InChI=1S/C8H22N2Si/c1-5-8(7(10)6-9)11(2,3)4/h7-8H,5-6,9-10H2,1-4H3. The molecule has 2 nitrogen and oxygen atoms in total. The van der Waals surface area contributed by atoms with Crippen molar-refractivity contribution < 1.29 is 0 Å². The van der Waals surface area contributed by atoms with E-state index < -0.39 is 8.07 Å². The summed E-state index contributed by atoms with van der Waals surface area (Å²) in [5, 5.41) is 0. The lowest BCUT2D eigenvalue weighted by Crippen LogP contribution is -2.44. The van der Waals surface area contributed by atoms with Crippen LogP contribution in [0.1, 0.15) is 13.3 Å². The van der Waals surface area contributed by atoms with Crippen molar-refractivity contribution in [2.45, 2.75) is 44.6 Å². The molecule has 0 aliphatic rings. The first kappa shape index (κ1) is 11.1. The van der Waals surface area contributed by atoms with E-state index in [4.69, 9.17) is 11.5 Å². The predicted molar refractivity (Wildman–Crippen MR) is 54.4 cm³/mol. The first-order valence-corrected chi connectivity index (χ1v) is 7.96. The normalized spacial score (nSPS) is 18.0. The zero-order chi connectivity index (χ0) is 9.07. The van der Waals surface area contributed by atoms with Crippen LogP contribution in [0.3, 0.4) is 0 Å². The maximum Gasteiger partial charge on any atom is 0.0491 e. The molecule has 0 aromatic rings. The van der Waals surface area contributed by atoms with Gasteiger partial charge < -0.3 is 11.5 Å². The first-order chi connectivity index (χ1) is 4.93. The minimum atomic E-state index is -1.08. The lowest BCUT2D eigenvalue weighted by Gasteiger charge is -2.32. The lowest BCUT2D eigenvalue weighted by molar-refractivity contribution is 0.594. The predicted octanol–water partition coefficient (Wildman–Crippen LogP) is 1.39. The van der Waals surface area contributed by atoms with Crippen LogP contribution in [0.2, 0.25) is 25.2 Å². The van der Waals surface area contributed by atoms with Crippen molar-refractivity contribution in [3.63, 3.8) is 0 Å². The maximum absolute atomic E-state index is 5.92. The summed E-state index contributed by atoms with van der Waals surface area (Å²) in [5.41, 5.74) is 12.1. The van der Waals surface area contributed by atoms with Gasteiger partial charge in [-0.2, -0.15) is 0 Å². The van der Waals surface area contributed by atoms with Crippen LogP contribution in [-0.4, -0.2) is 20.7 Å². The maximum atomic E-state index is 5.92. The van der Waals surface area contributed by atoms with Gasteiger partial charge in [0.05, 0.1) is 0 Å². The largest absolute Gasteiger partial charge is 0.329 e. The highest BCUT2D eigenvalue weighted by molar-refractivity contribution is 6.77. The molecule has 0 spiro atoms. The van der Waals surface area contributed by atoms with Crippen LogP contribution in [0.15, 0.2) is 0 Å². The number of hydrogen-bond donors (Lipinski definition) is 2. The molecule has 0 aliphatic heterocycles. The molecule has 0 fully saturated rings. The smallest absolute Gasteiger partial charge is 0.0491 e. The summed E-state index contributed by atoms with van der Waals surface area (Å²) in [6.07, 6.45) is 1.17. The minimum absolute atomic E-state index is 0.215. The van der Waals surface area contributed by atoms with Crippen LogP contribution in [-0.2, 0) is 0 Å². The fraction of sp³-hybridized carbons (Fsp3) is 1.00. The van der Waals surface area contributed by atoms with E-state index in [1.54, 1.807) is 0 Å². The van der Waals surface area contributed by atoms with E-state index in [0.29, 0.717) is 12.1 Å². The quantitative estimate of drug-likeness (QED) is 0.633. The van der Waals surface area contributed by atoms with Gasteiger partial charge in [-0.3, -0.25) is 0 Å². The second-order valence-electron chi connectivity index (χ2n) is 4.28. The van der Waals surface area contributed by atoms with Crippen molar-refractivity contribution in [2.24, 2.45) is 11.5 Å². The Bertz CT molecular complexity index is 109. The third-order valence-corrected chi connectivity index (χ3v) is 5.40. The summed E-state index contributed by atoms with van der Waals surface area (Å²) >= 11 is 0. The van der Waals surface area contributed by atoms with Crippen LogP contribution in [0, 0.1) is 0 Å². The Labute approximate surface area is 71.4 Å². The number of hydrogen-bond acceptors (Lipinski definition) is 2. The Morgan fingerprint density at radius 2 is 1.73 bits per heavy atom. The van der Waals surface area contributed by atoms with Gasteiger partial charge in [-0.1, -0.05) is 33.0 Å². The van der Waals surface area contributed by atoms with Gasteiger partial charge in [-0.25, -0.2) is 0 Å². The number of nitrogens with two attached hydrogens (primary N) is 2. The summed E-state index contributed by atoms with van der Waals surface area (Å²) in [4.78, 5) is 0. The molecular weight excluding hydrogens is 152 g/mol. The van der Waals surface area contributed by atoms with Crippen molar-refractivity contribution in [3.05, 3.63) is 0 Å². The van der Waals surface area contributed by atoms with Gasteiger partial charge in [0.2, 0.25) is 0 Å². The highest BCUT2D eigenvalue weighted by Crippen LogP contribution is 2.27. The van der Waals surface area contributed by atoms with E-state index in [0.717, 1.165) is 0 Å². The fourth-order valence-electron chi connectivity index (χ4n) is 1.72. The van der Waals surface area contributed by atoms with Crippen LogP contribution in [0.4, 0.5) is 0 Å². The van der Waals surface area contributed by atoms with Gasteiger partial charge in [-0.15, -0.1) is 0 Å². The highest BCUT2D eigenvalue weighted by atomic mass is 28.3. The Balaban J connectivity index is 4.16. The molecule has 0 radical (unpaired) electrons. The summed E-state index contributed by atoms with van der Waals surface area (Å²) in [6.45, 7) is 9.91. The van der Waals surface area contributed by atoms with E-state index >= 15 is 0 Å². The third kappa shape index (κ3) is 3.36. The molecule has 3 heteroatoms. The van der Waals surface area contributed by atoms with Gasteiger partial charge >= 0.3 is 0 Å². The average Bonchev–Trinajstić information content (AvgIpc) is 1.86. The van der Waals surface area contributed by atoms with E-state index in [1.165, 1.54) is 6.42 Å². The molecule has 0 heterocycles. The Morgan fingerprint density at radius 1 is 1.27 bits per heavy atom. The van der Waals surface area contributed by atoms with E-state index in [2.05, 4.69) is 26.6 Å². The molecular formula is C8H22N2Si. The van der Waals surface area contributed by atoms with Crippen LogP contribution in [0.25, 0.3) is 0 Å². The van der Waals surface area contributed by atoms with Gasteiger partial charge in [0, 0.05) is 20.7 Å². The van der Waals surface area contributed by atoms with Gasteiger partial charge in [-0.05, 0) is 5.54 Å². The highest BCUT2D eigenvalue weighted by Gasteiger charge is 2.29. The molecule has 0 amide bonds. The van der Waals surface area contributed by atoms with E-state index in [9.17, 15) is 0 Å². The fourth-order valence-corrected chi connectivity index (χ4v) is 4.37. The molecule has 2 unspecified atom stereocenters. The second kappa shape index (κ2) is 4.23. The van der Waals surface area contributed by atoms with Crippen molar-refractivity contribution in [2.75, 3.05) is 6.54 Å². The molecule has 0 rings (SSSR count). The third-order valence-electron chi connectivity index (χ3n) is 2.34. The first-order valence-electron chi connectivity index (χ1n) is 4.39. The molecule has 68 valence electrons. The molecule has 2 atom stereocenters. The molecule has 0 aliphatic carbocycles. The van der Waals surface area contributed by atoms with Gasteiger partial charge in [0.1, 0.15) is 0 Å². The summed E-state index contributed by atoms with van der Waals surface area (Å²) in [5.74, 6) is 0. The molecule has 0 aromatic carbocycles. The zero-order valence-electron chi connectivity index (χ0n) is 8.22. The van der Waals surface area contributed by atoms with Crippen molar-refractivity contribution >= 4 is 8.07 Å². The van der Waals surface area contributed by atoms with Crippen molar-refractivity contribution in [3.8, 4) is 0 Å². The van der Waals surface area contributed by atoms with Gasteiger partial charge in [0.25, 0.3) is 0 Å². The average molecular weight is 174 g/mol. The summed E-state index contributed by atoms with van der Waals surface area (Å²) < 4.78 is 0. The van der Waals surface area contributed by atoms with Crippen molar-refractivity contribution in [1.29, 1.82) is 0 Å². The molecule has 0 saturated carbocycles. The SMILES string of the molecule is CCC(C(N)CN)[Si](C)(C)C.